The molecule has 0 bridgehead atoms. The largest absolute Gasteiger partial charge is 0.278 e. The van der Waals surface area contributed by atoms with Gasteiger partial charge in [-0.25, -0.2) is 4.68 Å². The van der Waals surface area contributed by atoms with Crippen LogP contribution in [0, 0.1) is 20.2 Å². The normalized spacial score (nSPS) is 10.5. The number of hydrogen-bond donors (Lipinski definition) is 0. The van der Waals surface area contributed by atoms with E-state index >= 15 is 0 Å². The van der Waals surface area contributed by atoms with Gasteiger partial charge in [-0.05, 0) is 12.8 Å². The molecule has 10 heteroatoms. The Balaban J connectivity index is 2.40. The molecule has 0 spiro atoms. The monoisotopic (exact) mass is 311 g/mol. The number of non-ortho nitro benzene ring substituents is 2. The van der Waals surface area contributed by atoms with Gasteiger partial charge in [-0.1, -0.05) is 5.21 Å². The molecule has 0 aliphatic rings. The van der Waals surface area contributed by atoms with Gasteiger partial charge in [-0.15, -0.1) is 16.7 Å². The van der Waals surface area contributed by atoms with E-state index in [9.17, 15) is 20.2 Å². The van der Waals surface area contributed by atoms with E-state index in [0.29, 0.717) is 18.0 Å². The molecule has 0 amide bonds. The van der Waals surface area contributed by atoms with E-state index in [0.717, 1.165) is 12.5 Å². The molecular formula is C11H10ClN5O4. The molecule has 2 rings (SSSR count). The molecule has 2 aromatic rings. The first-order chi connectivity index (χ1) is 10.0. The number of aryl methyl sites for hydroxylation is 1. The Morgan fingerprint density at radius 1 is 1.14 bits per heavy atom. The maximum Gasteiger partial charge on any atom is 0.278 e. The Kier molecular flexibility index (Phi) is 4.43. The minimum atomic E-state index is -0.693. The van der Waals surface area contributed by atoms with E-state index in [2.05, 4.69) is 10.3 Å². The number of alkyl halides is 1. The fourth-order valence-electron chi connectivity index (χ4n) is 1.71. The van der Waals surface area contributed by atoms with Crippen molar-refractivity contribution in [3.05, 3.63) is 50.3 Å². The molecule has 0 aliphatic carbocycles. The van der Waals surface area contributed by atoms with Gasteiger partial charge in [0.15, 0.2) is 0 Å². The summed E-state index contributed by atoms with van der Waals surface area (Å²) >= 11 is 5.58. The summed E-state index contributed by atoms with van der Waals surface area (Å²) < 4.78 is 1.27. The number of aromatic nitrogens is 3. The summed E-state index contributed by atoms with van der Waals surface area (Å²) in [5.74, 6) is 0.481. The Hall–Kier alpha value is -2.55. The van der Waals surface area contributed by atoms with E-state index in [1.165, 1.54) is 16.8 Å². The summed E-state index contributed by atoms with van der Waals surface area (Å²) in [7, 11) is 0. The third-order valence-corrected chi connectivity index (χ3v) is 2.95. The summed E-state index contributed by atoms with van der Waals surface area (Å²) in [6.45, 7) is 0. The molecule has 0 unspecified atom stereocenters. The van der Waals surface area contributed by atoms with Crippen molar-refractivity contribution in [1.29, 1.82) is 0 Å². The highest BCUT2D eigenvalue weighted by atomic mass is 35.5. The van der Waals surface area contributed by atoms with Crippen molar-refractivity contribution in [3.8, 4) is 5.69 Å². The molecule has 0 aliphatic heterocycles. The zero-order valence-corrected chi connectivity index (χ0v) is 11.4. The predicted molar refractivity (Wildman–Crippen MR) is 73.7 cm³/mol. The second kappa shape index (κ2) is 6.27. The van der Waals surface area contributed by atoms with Crippen LogP contribution in [0.1, 0.15) is 12.1 Å². The lowest BCUT2D eigenvalue weighted by Gasteiger charge is -2.00. The van der Waals surface area contributed by atoms with Gasteiger partial charge in [0, 0.05) is 18.0 Å². The number of rotatable bonds is 6. The maximum absolute atomic E-state index is 10.8. The average Bonchev–Trinajstić information content (AvgIpc) is 2.93. The lowest BCUT2D eigenvalue weighted by molar-refractivity contribution is -0.394. The Morgan fingerprint density at radius 2 is 1.76 bits per heavy atom. The summed E-state index contributed by atoms with van der Waals surface area (Å²) in [5, 5.41) is 29.4. The zero-order chi connectivity index (χ0) is 15.4. The molecule has 0 saturated carbocycles. The lowest BCUT2D eigenvalue weighted by Crippen LogP contribution is -1.99. The molecular weight excluding hydrogens is 302 g/mol. The fraction of sp³-hybridized carbons (Fsp3) is 0.273. The third kappa shape index (κ3) is 3.51. The van der Waals surface area contributed by atoms with E-state index in [4.69, 9.17) is 11.6 Å². The van der Waals surface area contributed by atoms with Gasteiger partial charge in [0.25, 0.3) is 11.4 Å². The molecule has 0 atom stereocenters. The van der Waals surface area contributed by atoms with Gasteiger partial charge in [-0.2, -0.15) is 0 Å². The van der Waals surface area contributed by atoms with E-state index in [-0.39, 0.29) is 17.1 Å². The second-order valence-corrected chi connectivity index (χ2v) is 4.55. The van der Waals surface area contributed by atoms with E-state index in [1.807, 2.05) is 0 Å². The summed E-state index contributed by atoms with van der Waals surface area (Å²) in [4.78, 5) is 20.3. The Morgan fingerprint density at radius 3 is 2.29 bits per heavy atom. The quantitative estimate of drug-likeness (QED) is 0.458. The number of nitro groups is 2. The van der Waals surface area contributed by atoms with E-state index < -0.39 is 9.85 Å². The standard InChI is InChI=1S/C11H10ClN5O4/c12-3-1-2-8-7-15(14-13-8)9-4-10(16(18)19)6-11(5-9)17(20)21/h4-7H,1-3H2. The maximum atomic E-state index is 10.8. The predicted octanol–water partition coefficient (Wildman–Crippen LogP) is 2.26. The second-order valence-electron chi connectivity index (χ2n) is 4.17. The summed E-state index contributed by atoms with van der Waals surface area (Å²) in [6.07, 6.45) is 2.89. The molecule has 0 fully saturated rings. The topological polar surface area (TPSA) is 117 Å². The Bertz CT molecular complexity index is 655. The number of benzene rings is 1. The highest BCUT2D eigenvalue weighted by molar-refractivity contribution is 6.17. The zero-order valence-electron chi connectivity index (χ0n) is 10.7. The van der Waals surface area contributed by atoms with Crippen molar-refractivity contribution >= 4 is 23.0 Å². The summed E-state index contributed by atoms with van der Waals surface area (Å²) in [6, 6.07) is 3.30. The van der Waals surface area contributed by atoms with Crippen LogP contribution in [0.5, 0.6) is 0 Å². The lowest BCUT2D eigenvalue weighted by atomic mass is 10.2. The molecule has 1 aromatic carbocycles. The number of hydrogen-bond acceptors (Lipinski definition) is 6. The van der Waals surface area contributed by atoms with Crippen LogP contribution in [-0.4, -0.2) is 30.7 Å². The molecule has 0 saturated heterocycles. The summed E-state index contributed by atoms with van der Waals surface area (Å²) in [5.41, 5.74) is 0.111. The van der Waals surface area contributed by atoms with Crippen molar-refractivity contribution in [1.82, 2.24) is 15.0 Å². The van der Waals surface area contributed by atoms with Crippen molar-refractivity contribution in [3.63, 3.8) is 0 Å². The number of halogens is 1. The molecule has 0 radical (unpaired) electrons. The Labute approximate surface area is 123 Å². The molecule has 9 nitrogen and oxygen atoms in total. The molecule has 110 valence electrons. The van der Waals surface area contributed by atoms with Crippen LogP contribution in [0.3, 0.4) is 0 Å². The highest BCUT2D eigenvalue weighted by Crippen LogP contribution is 2.24. The van der Waals surface area contributed by atoms with Crippen LogP contribution in [0.4, 0.5) is 11.4 Å². The van der Waals surface area contributed by atoms with Crippen molar-refractivity contribution < 1.29 is 9.85 Å². The van der Waals surface area contributed by atoms with Gasteiger partial charge in [0.1, 0.15) is 0 Å². The first kappa shape index (κ1) is 14.9. The van der Waals surface area contributed by atoms with Gasteiger partial charge >= 0.3 is 0 Å². The number of nitrogens with zero attached hydrogens (tertiary/aromatic N) is 5. The molecule has 21 heavy (non-hydrogen) atoms. The average molecular weight is 312 g/mol. The SMILES string of the molecule is O=[N+]([O-])c1cc(-n2cc(CCCCl)nn2)cc([N+](=O)[O-])c1. The highest BCUT2D eigenvalue weighted by Gasteiger charge is 2.18. The minimum Gasteiger partial charge on any atom is -0.258 e. The van der Waals surface area contributed by atoms with Gasteiger partial charge in [-0.3, -0.25) is 20.2 Å². The fourth-order valence-corrected chi connectivity index (χ4v) is 1.84. The van der Waals surface area contributed by atoms with Crippen LogP contribution < -0.4 is 0 Å². The van der Waals surface area contributed by atoms with Crippen LogP contribution in [-0.2, 0) is 6.42 Å². The van der Waals surface area contributed by atoms with Crippen LogP contribution in [0.25, 0.3) is 5.69 Å². The van der Waals surface area contributed by atoms with Gasteiger partial charge < -0.3 is 0 Å². The van der Waals surface area contributed by atoms with Crippen molar-refractivity contribution in [2.24, 2.45) is 0 Å². The van der Waals surface area contributed by atoms with Crippen molar-refractivity contribution in [2.75, 3.05) is 5.88 Å². The van der Waals surface area contributed by atoms with Crippen LogP contribution in [0.2, 0.25) is 0 Å². The smallest absolute Gasteiger partial charge is 0.258 e. The first-order valence-corrected chi connectivity index (χ1v) is 6.46. The van der Waals surface area contributed by atoms with Gasteiger partial charge in [0.05, 0.1) is 33.5 Å². The van der Waals surface area contributed by atoms with Crippen LogP contribution >= 0.6 is 11.6 Å². The molecule has 1 aromatic heterocycles. The van der Waals surface area contributed by atoms with Crippen molar-refractivity contribution in [2.45, 2.75) is 12.8 Å². The first-order valence-electron chi connectivity index (χ1n) is 5.92. The number of nitro benzene ring substituents is 2. The van der Waals surface area contributed by atoms with E-state index in [1.54, 1.807) is 6.20 Å². The molecule has 1 heterocycles. The minimum absolute atomic E-state index is 0.209. The van der Waals surface area contributed by atoms with Crippen LogP contribution in [0.15, 0.2) is 24.4 Å². The third-order valence-electron chi connectivity index (χ3n) is 2.68. The van der Waals surface area contributed by atoms with Gasteiger partial charge in [0.2, 0.25) is 0 Å². The molecule has 0 N–H and O–H groups in total.